The molecule has 3 aliphatic carbocycles. The van der Waals surface area contributed by atoms with Crippen molar-refractivity contribution in [3.05, 3.63) is 41.7 Å². The molecule has 1 aromatic carbocycles. The highest BCUT2D eigenvalue weighted by atomic mass is 19.1. The van der Waals surface area contributed by atoms with E-state index in [2.05, 4.69) is 17.4 Å². The van der Waals surface area contributed by atoms with Crippen molar-refractivity contribution < 1.29 is 18.7 Å². The molecule has 0 unspecified atom stereocenters. The maximum atomic E-state index is 13.3. The maximum absolute atomic E-state index is 13.3. The summed E-state index contributed by atoms with van der Waals surface area (Å²) in [5, 5.41) is 3.42. The molecule has 2 aliphatic heterocycles. The van der Waals surface area contributed by atoms with Gasteiger partial charge in [-0.25, -0.2) is 4.39 Å². The Morgan fingerprint density at radius 3 is 2.28 bits per heavy atom. The topological polar surface area (TPSA) is 73.6 Å². The summed E-state index contributed by atoms with van der Waals surface area (Å²) in [7, 11) is 0. The largest absolute Gasteiger partial charge is 0.489 e. The molecule has 6 rings (SSSR count). The number of hydrogen-bond acceptors (Lipinski definition) is 4. The standard InChI is InChI=1S/C26H35FN2O3/c27-15-18(16-28)17-31-21-3-1-19(2-4-21)25-7-10-26(11-8-25,12-9-25)24(30)29-20-13-22-5-6-23(14-20)32-22/h1-4,15,20,22-23H,5-14,16-17,28H2,(H,29,30)/b18-15+/t20-,22-,23+,25?,26?. The lowest BCUT2D eigenvalue weighted by molar-refractivity contribution is -0.139. The fourth-order valence-electron chi connectivity index (χ4n) is 6.49. The lowest BCUT2D eigenvalue weighted by atomic mass is 9.51. The monoisotopic (exact) mass is 442 g/mol. The van der Waals surface area contributed by atoms with Gasteiger partial charge in [0.1, 0.15) is 12.4 Å². The van der Waals surface area contributed by atoms with Crippen molar-refractivity contribution in [3.63, 3.8) is 0 Å². The molecule has 5 fully saturated rings. The molecule has 5 aliphatic rings. The second-order valence-electron chi connectivity index (χ2n) is 10.4. The number of halogens is 1. The van der Waals surface area contributed by atoms with Gasteiger partial charge >= 0.3 is 0 Å². The lowest BCUT2D eigenvalue weighted by Gasteiger charge is -2.53. The number of nitrogens with two attached hydrogens (primary N) is 1. The third-order valence-corrected chi connectivity index (χ3v) is 8.66. The first-order valence-electron chi connectivity index (χ1n) is 12.2. The van der Waals surface area contributed by atoms with Gasteiger partial charge in [-0.1, -0.05) is 12.1 Å². The smallest absolute Gasteiger partial charge is 0.226 e. The van der Waals surface area contributed by atoms with Crippen molar-refractivity contribution in [2.24, 2.45) is 11.1 Å². The van der Waals surface area contributed by atoms with Gasteiger partial charge in [-0.15, -0.1) is 0 Å². The van der Waals surface area contributed by atoms with E-state index in [1.165, 1.54) is 5.56 Å². The van der Waals surface area contributed by atoms with Crippen molar-refractivity contribution in [1.82, 2.24) is 5.32 Å². The summed E-state index contributed by atoms with van der Waals surface area (Å²) in [6.07, 6.45) is 11.5. The molecule has 0 spiro atoms. The molecule has 0 aromatic heterocycles. The molecule has 3 atom stereocenters. The number of benzene rings is 1. The number of amides is 1. The molecule has 2 saturated heterocycles. The number of carbonyl (C=O) groups excluding carboxylic acids is 1. The Hall–Kier alpha value is -1.92. The number of fused-ring (bicyclic) bond motifs is 5. The fraction of sp³-hybridized carbons (Fsp3) is 0.654. The average Bonchev–Trinajstić information content (AvgIpc) is 3.19. The van der Waals surface area contributed by atoms with Gasteiger partial charge in [-0.05, 0) is 87.3 Å². The van der Waals surface area contributed by atoms with Gasteiger partial charge in [0.05, 0.1) is 18.5 Å². The molecule has 2 heterocycles. The molecular weight excluding hydrogens is 407 g/mol. The van der Waals surface area contributed by atoms with Crippen LogP contribution in [0.15, 0.2) is 36.2 Å². The Morgan fingerprint density at radius 1 is 1.09 bits per heavy atom. The van der Waals surface area contributed by atoms with Crippen molar-refractivity contribution in [3.8, 4) is 5.75 Å². The fourth-order valence-corrected chi connectivity index (χ4v) is 6.49. The van der Waals surface area contributed by atoms with Crippen molar-refractivity contribution in [2.75, 3.05) is 13.2 Å². The highest BCUT2D eigenvalue weighted by Gasteiger charge is 2.53. The van der Waals surface area contributed by atoms with E-state index < -0.39 is 0 Å². The van der Waals surface area contributed by atoms with Crippen LogP contribution in [0.5, 0.6) is 5.75 Å². The van der Waals surface area contributed by atoms with Gasteiger partial charge in [-0.3, -0.25) is 4.79 Å². The normalized spacial score (nSPS) is 36.2. The van der Waals surface area contributed by atoms with Crippen LogP contribution >= 0.6 is 0 Å². The SMILES string of the molecule is NC/C(=C\F)COc1ccc(C23CCC(C(=O)N[C@@H]4C[C@H]5CC[C@@H](C4)O5)(CC2)CC3)cc1. The van der Waals surface area contributed by atoms with E-state index in [-0.39, 0.29) is 35.9 Å². The first-order valence-corrected chi connectivity index (χ1v) is 12.2. The lowest BCUT2D eigenvalue weighted by Crippen LogP contribution is -2.54. The summed E-state index contributed by atoms with van der Waals surface area (Å²) in [4.78, 5) is 13.3. The van der Waals surface area contributed by atoms with E-state index in [0.717, 1.165) is 70.0 Å². The molecule has 1 amide bonds. The van der Waals surface area contributed by atoms with E-state index in [1.54, 1.807) is 0 Å². The summed E-state index contributed by atoms with van der Waals surface area (Å²) < 4.78 is 24.3. The molecule has 6 heteroatoms. The van der Waals surface area contributed by atoms with Gasteiger partial charge in [-0.2, -0.15) is 0 Å². The first kappa shape index (κ1) is 21.9. The van der Waals surface area contributed by atoms with E-state index in [9.17, 15) is 9.18 Å². The molecule has 1 aromatic rings. The summed E-state index contributed by atoms with van der Waals surface area (Å²) in [6.45, 7) is 0.326. The molecule has 174 valence electrons. The minimum atomic E-state index is -0.181. The predicted octanol–water partition coefficient (Wildman–Crippen LogP) is 4.30. The van der Waals surface area contributed by atoms with Gasteiger partial charge in [0, 0.05) is 23.6 Å². The summed E-state index contributed by atoms with van der Waals surface area (Å²) in [6, 6.07) is 8.52. The van der Waals surface area contributed by atoms with E-state index >= 15 is 0 Å². The van der Waals surface area contributed by atoms with E-state index in [0.29, 0.717) is 24.1 Å². The molecule has 32 heavy (non-hydrogen) atoms. The van der Waals surface area contributed by atoms with E-state index in [1.807, 2.05) is 12.1 Å². The van der Waals surface area contributed by atoms with Crippen LogP contribution in [0.1, 0.15) is 69.8 Å². The van der Waals surface area contributed by atoms with Crippen LogP contribution in [0.25, 0.3) is 0 Å². The zero-order chi connectivity index (χ0) is 22.2. The number of hydrogen-bond donors (Lipinski definition) is 2. The molecule has 0 radical (unpaired) electrons. The molecule has 4 bridgehead atoms. The van der Waals surface area contributed by atoms with Gasteiger partial charge < -0.3 is 20.5 Å². The summed E-state index contributed by atoms with van der Waals surface area (Å²) in [5.41, 5.74) is 7.24. The van der Waals surface area contributed by atoms with Gasteiger partial charge in [0.25, 0.3) is 0 Å². The van der Waals surface area contributed by atoms with Gasteiger partial charge in [0.15, 0.2) is 0 Å². The van der Waals surface area contributed by atoms with Crippen LogP contribution < -0.4 is 15.8 Å². The highest BCUT2D eigenvalue weighted by molar-refractivity contribution is 5.83. The third kappa shape index (κ3) is 4.08. The zero-order valence-corrected chi connectivity index (χ0v) is 18.8. The number of carbonyl (C=O) groups is 1. The second kappa shape index (κ2) is 8.79. The zero-order valence-electron chi connectivity index (χ0n) is 18.8. The van der Waals surface area contributed by atoms with Crippen LogP contribution in [-0.2, 0) is 14.9 Å². The van der Waals surface area contributed by atoms with Crippen molar-refractivity contribution in [2.45, 2.75) is 87.9 Å². The van der Waals surface area contributed by atoms with E-state index in [4.69, 9.17) is 15.2 Å². The minimum Gasteiger partial charge on any atom is -0.489 e. The second-order valence-corrected chi connectivity index (χ2v) is 10.4. The Bertz CT molecular complexity index is 832. The summed E-state index contributed by atoms with van der Waals surface area (Å²) in [5.74, 6) is 1.01. The molecule has 5 nitrogen and oxygen atoms in total. The molecular formula is C26H35FN2O3. The van der Waals surface area contributed by atoms with Crippen LogP contribution in [-0.4, -0.2) is 37.3 Å². The molecule has 3 N–H and O–H groups in total. The Kier molecular flexibility index (Phi) is 6.01. The molecule has 3 saturated carbocycles. The van der Waals surface area contributed by atoms with Gasteiger partial charge in [0.2, 0.25) is 5.91 Å². The number of nitrogens with one attached hydrogen (secondary N) is 1. The first-order chi connectivity index (χ1) is 15.5. The summed E-state index contributed by atoms with van der Waals surface area (Å²) >= 11 is 0. The van der Waals surface area contributed by atoms with Crippen LogP contribution in [0.3, 0.4) is 0 Å². The number of rotatable bonds is 7. The quantitative estimate of drug-likeness (QED) is 0.661. The third-order valence-electron chi connectivity index (χ3n) is 8.66. The average molecular weight is 443 g/mol. The van der Waals surface area contributed by atoms with Crippen LogP contribution in [0, 0.1) is 5.41 Å². The maximum Gasteiger partial charge on any atom is 0.226 e. The predicted molar refractivity (Wildman–Crippen MR) is 121 cm³/mol. The number of ether oxygens (including phenoxy) is 2. The van der Waals surface area contributed by atoms with Crippen LogP contribution in [0.2, 0.25) is 0 Å². The van der Waals surface area contributed by atoms with Crippen LogP contribution in [0.4, 0.5) is 4.39 Å². The highest BCUT2D eigenvalue weighted by Crippen LogP contribution is 2.58. The minimum absolute atomic E-state index is 0.155. The Balaban J connectivity index is 1.18. The Labute approximate surface area is 189 Å². The van der Waals surface area contributed by atoms with Crippen molar-refractivity contribution in [1.29, 1.82) is 0 Å². The Morgan fingerprint density at radius 2 is 1.72 bits per heavy atom. The van der Waals surface area contributed by atoms with Crippen molar-refractivity contribution >= 4 is 5.91 Å².